The molecule has 0 radical (unpaired) electrons. The molecule has 0 aliphatic rings. The number of carbonyl (C=O) groups excluding carboxylic acids is 1. The van der Waals surface area contributed by atoms with Gasteiger partial charge in [0.15, 0.2) is 0 Å². The molecule has 0 fully saturated rings. The van der Waals surface area contributed by atoms with E-state index in [9.17, 15) is 14.4 Å². The van der Waals surface area contributed by atoms with Crippen LogP contribution in [0.1, 0.15) is 20.7 Å². The normalized spacial score (nSPS) is 9.82. The summed E-state index contributed by atoms with van der Waals surface area (Å²) in [4.78, 5) is 41.3. The van der Waals surface area contributed by atoms with E-state index < -0.39 is 18.0 Å². The molecule has 0 aliphatic carbocycles. The van der Waals surface area contributed by atoms with E-state index in [1.807, 2.05) is 0 Å². The average Bonchev–Trinajstić information content (AvgIpc) is 2.47. The number of carboxylic acids is 2. The molecular formula is C13H10N4O5. The van der Waals surface area contributed by atoms with Gasteiger partial charge in [0.1, 0.15) is 22.8 Å². The van der Waals surface area contributed by atoms with Crippen LogP contribution in [-0.4, -0.2) is 38.2 Å². The maximum atomic E-state index is 11.8. The highest BCUT2D eigenvalue weighted by Gasteiger charge is 2.16. The van der Waals surface area contributed by atoms with Crippen LogP contribution in [0, 0.1) is 0 Å². The Labute approximate surface area is 123 Å². The van der Waals surface area contributed by atoms with Crippen LogP contribution < -0.4 is 10.6 Å². The minimum absolute atomic E-state index is 0.166. The highest BCUT2D eigenvalue weighted by atomic mass is 16.4. The number of amides is 2. The van der Waals surface area contributed by atoms with E-state index in [0.29, 0.717) is 0 Å². The summed E-state index contributed by atoms with van der Waals surface area (Å²) in [6.07, 6.45) is 2.62. The van der Waals surface area contributed by atoms with Crippen LogP contribution >= 0.6 is 0 Å². The molecule has 9 nitrogen and oxygen atoms in total. The Balaban J connectivity index is 2.18. The molecule has 22 heavy (non-hydrogen) atoms. The van der Waals surface area contributed by atoms with E-state index in [1.54, 1.807) is 0 Å². The topological polar surface area (TPSA) is 142 Å². The van der Waals surface area contributed by atoms with Gasteiger partial charge >= 0.3 is 18.0 Å². The Morgan fingerprint density at radius 1 is 0.818 bits per heavy atom. The first-order chi connectivity index (χ1) is 10.5. The minimum Gasteiger partial charge on any atom is -0.478 e. The number of carboxylic acid groups (broad SMARTS) is 2. The van der Waals surface area contributed by atoms with Crippen molar-refractivity contribution in [3.05, 3.63) is 47.8 Å². The Hall–Kier alpha value is -3.49. The van der Waals surface area contributed by atoms with Crippen molar-refractivity contribution in [2.24, 2.45) is 0 Å². The Bertz CT molecular complexity index is 685. The molecule has 2 aromatic rings. The van der Waals surface area contributed by atoms with Gasteiger partial charge in [0, 0.05) is 12.4 Å². The van der Waals surface area contributed by atoms with E-state index in [-0.39, 0.29) is 22.8 Å². The molecular weight excluding hydrogens is 292 g/mol. The summed E-state index contributed by atoms with van der Waals surface area (Å²) < 4.78 is 0. The summed E-state index contributed by atoms with van der Waals surface area (Å²) >= 11 is 0. The Morgan fingerprint density at radius 3 is 1.59 bits per heavy atom. The minimum atomic E-state index is -1.26. The lowest BCUT2D eigenvalue weighted by molar-refractivity contribution is 0.0686. The number of pyridine rings is 2. The van der Waals surface area contributed by atoms with Crippen molar-refractivity contribution in [3.63, 3.8) is 0 Å². The standard InChI is InChI=1S/C13H10N4O5/c18-11(19)7-3-1-5-14-9(7)16-13(22)17-10-8(12(20)21)4-2-6-15-10/h1-6H,(H,18,19)(H,20,21)(H2,14,15,16,17,22). The summed E-state index contributed by atoms with van der Waals surface area (Å²) in [6, 6.07) is 4.51. The van der Waals surface area contributed by atoms with Crippen LogP contribution in [0.15, 0.2) is 36.7 Å². The van der Waals surface area contributed by atoms with Gasteiger partial charge in [-0.2, -0.15) is 0 Å². The summed E-state index contributed by atoms with van der Waals surface area (Å²) in [5, 5.41) is 22.4. The van der Waals surface area contributed by atoms with Gasteiger partial charge in [0.25, 0.3) is 0 Å². The van der Waals surface area contributed by atoms with Crippen molar-refractivity contribution in [1.29, 1.82) is 0 Å². The molecule has 0 aliphatic heterocycles. The lowest BCUT2D eigenvalue weighted by Crippen LogP contribution is -2.23. The number of nitrogens with zero attached hydrogens (tertiary/aromatic N) is 2. The fraction of sp³-hybridized carbons (Fsp3) is 0. The molecule has 0 atom stereocenters. The van der Waals surface area contributed by atoms with Crippen LogP contribution in [0.3, 0.4) is 0 Å². The maximum absolute atomic E-state index is 11.8. The van der Waals surface area contributed by atoms with Gasteiger partial charge < -0.3 is 10.2 Å². The third-order valence-corrected chi connectivity index (χ3v) is 2.54. The van der Waals surface area contributed by atoms with Gasteiger partial charge in [-0.15, -0.1) is 0 Å². The molecule has 4 N–H and O–H groups in total. The van der Waals surface area contributed by atoms with Crippen molar-refractivity contribution in [3.8, 4) is 0 Å². The highest BCUT2D eigenvalue weighted by molar-refractivity contribution is 6.05. The maximum Gasteiger partial charge on any atom is 0.339 e. The second-order valence-electron chi connectivity index (χ2n) is 3.99. The molecule has 0 saturated heterocycles. The molecule has 2 aromatic heterocycles. The van der Waals surface area contributed by atoms with E-state index in [1.165, 1.54) is 36.7 Å². The molecule has 0 spiro atoms. The van der Waals surface area contributed by atoms with E-state index >= 15 is 0 Å². The number of aromatic nitrogens is 2. The van der Waals surface area contributed by atoms with Gasteiger partial charge in [0.05, 0.1) is 0 Å². The van der Waals surface area contributed by atoms with Crippen molar-refractivity contribution < 1.29 is 24.6 Å². The van der Waals surface area contributed by atoms with E-state index in [2.05, 4.69) is 20.6 Å². The predicted octanol–water partition coefficient (Wildman–Crippen LogP) is 1.52. The predicted molar refractivity (Wildman–Crippen MR) is 75.0 cm³/mol. The summed E-state index contributed by atoms with van der Waals surface area (Å²) in [5.41, 5.74) is -0.394. The molecule has 0 unspecified atom stereocenters. The zero-order valence-corrected chi connectivity index (χ0v) is 11.0. The lowest BCUT2D eigenvalue weighted by atomic mass is 10.2. The van der Waals surface area contributed by atoms with Gasteiger partial charge in [-0.25, -0.2) is 24.4 Å². The second kappa shape index (κ2) is 6.31. The molecule has 2 heterocycles. The first-order valence-corrected chi connectivity index (χ1v) is 5.93. The third-order valence-electron chi connectivity index (χ3n) is 2.54. The summed E-state index contributed by atoms with van der Waals surface area (Å²) in [7, 11) is 0. The number of hydrogen-bond donors (Lipinski definition) is 4. The van der Waals surface area contributed by atoms with Crippen LogP contribution in [0.2, 0.25) is 0 Å². The van der Waals surface area contributed by atoms with Crippen LogP contribution in [0.4, 0.5) is 16.4 Å². The highest BCUT2D eigenvalue weighted by Crippen LogP contribution is 2.14. The number of urea groups is 1. The van der Waals surface area contributed by atoms with Gasteiger partial charge in [-0.1, -0.05) is 0 Å². The first kappa shape index (κ1) is 14.9. The molecule has 0 bridgehead atoms. The van der Waals surface area contributed by atoms with Gasteiger partial charge in [-0.05, 0) is 24.3 Å². The number of anilines is 2. The van der Waals surface area contributed by atoms with Gasteiger partial charge in [-0.3, -0.25) is 10.6 Å². The zero-order valence-electron chi connectivity index (χ0n) is 11.0. The molecule has 2 rings (SSSR count). The van der Waals surface area contributed by atoms with Crippen LogP contribution in [0.25, 0.3) is 0 Å². The largest absolute Gasteiger partial charge is 0.478 e. The number of hydrogen-bond acceptors (Lipinski definition) is 5. The lowest BCUT2D eigenvalue weighted by Gasteiger charge is -2.09. The third kappa shape index (κ3) is 3.33. The Morgan fingerprint density at radius 2 is 1.23 bits per heavy atom. The SMILES string of the molecule is O=C(Nc1ncccc1C(=O)O)Nc1ncccc1C(=O)O. The van der Waals surface area contributed by atoms with Crippen molar-refractivity contribution >= 4 is 29.6 Å². The number of nitrogens with one attached hydrogen (secondary N) is 2. The van der Waals surface area contributed by atoms with Crippen molar-refractivity contribution in [1.82, 2.24) is 9.97 Å². The van der Waals surface area contributed by atoms with Gasteiger partial charge in [0.2, 0.25) is 0 Å². The first-order valence-electron chi connectivity index (χ1n) is 5.93. The monoisotopic (exact) mass is 302 g/mol. The van der Waals surface area contributed by atoms with Crippen molar-refractivity contribution in [2.45, 2.75) is 0 Å². The van der Waals surface area contributed by atoms with Crippen LogP contribution in [-0.2, 0) is 0 Å². The number of carbonyl (C=O) groups is 3. The van der Waals surface area contributed by atoms with Crippen molar-refractivity contribution in [2.75, 3.05) is 10.6 Å². The summed E-state index contributed by atoms with van der Waals surface area (Å²) in [6.45, 7) is 0. The molecule has 0 saturated carbocycles. The summed E-state index contributed by atoms with van der Waals surface area (Å²) in [5.74, 6) is -2.85. The second-order valence-corrected chi connectivity index (χ2v) is 3.99. The molecule has 9 heteroatoms. The van der Waals surface area contributed by atoms with E-state index in [4.69, 9.17) is 10.2 Å². The zero-order chi connectivity index (χ0) is 16.1. The van der Waals surface area contributed by atoms with Crippen LogP contribution in [0.5, 0.6) is 0 Å². The molecule has 0 aromatic carbocycles. The fourth-order valence-corrected chi connectivity index (χ4v) is 1.60. The molecule has 112 valence electrons. The Kier molecular flexibility index (Phi) is 4.27. The quantitative estimate of drug-likeness (QED) is 0.670. The van der Waals surface area contributed by atoms with E-state index in [0.717, 1.165) is 0 Å². The smallest absolute Gasteiger partial charge is 0.339 e. The molecule has 2 amide bonds. The average molecular weight is 302 g/mol. The fourth-order valence-electron chi connectivity index (χ4n) is 1.60. The number of rotatable bonds is 4. The number of aromatic carboxylic acids is 2.